The summed E-state index contributed by atoms with van der Waals surface area (Å²) in [4.78, 5) is 17.4. The molecule has 15 heavy (non-hydrogen) atoms. The van der Waals surface area contributed by atoms with E-state index in [4.69, 9.17) is 5.73 Å². The standard InChI is InChI=1S/C11H15N3O/c1-2-8-4-3-5-13-10(8)7-14-6-9(12)11(14)15/h3-5,9H,2,6-7,12H2,1H3. The number of carbonyl (C=O) groups excluding carboxylic acids is 1. The lowest BCUT2D eigenvalue weighted by atomic mass is 10.1. The summed E-state index contributed by atoms with van der Waals surface area (Å²) in [5, 5.41) is 0. The van der Waals surface area contributed by atoms with Gasteiger partial charge < -0.3 is 10.6 Å². The molecule has 0 saturated carbocycles. The Morgan fingerprint density at radius 1 is 1.67 bits per heavy atom. The van der Waals surface area contributed by atoms with Crippen LogP contribution < -0.4 is 5.73 Å². The van der Waals surface area contributed by atoms with Crippen LogP contribution in [0.2, 0.25) is 0 Å². The molecular weight excluding hydrogens is 190 g/mol. The van der Waals surface area contributed by atoms with Crippen molar-refractivity contribution in [2.75, 3.05) is 6.54 Å². The number of rotatable bonds is 3. The van der Waals surface area contributed by atoms with Crippen LogP contribution in [0.1, 0.15) is 18.2 Å². The summed E-state index contributed by atoms with van der Waals surface area (Å²) >= 11 is 0. The molecule has 0 bridgehead atoms. The van der Waals surface area contributed by atoms with E-state index in [1.807, 2.05) is 12.1 Å². The van der Waals surface area contributed by atoms with Gasteiger partial charge in [0.15, 0.2) is 0 Å². The zero-order valence-corrected chi connectivity index (χ0v) is 8.81. The molecule has 0 aromatic carbocycles. The smallest absolute Gasteiger partial charge is 0.241 e. The molecule has 2 heterocycles. The molecule has 1 saturated heterocycles. The van der Waals surface area contributed by atoms with Gasteiger partial charge in [-0.25, -0.2) is 0 Å². The highest BCUT2D eigenvalue weighted by molar-refractivity contribution is 5.87. The molecule has 4 heteroatoms. The minimum absolute atomic E-state index is 0.0303. The first kappa shape index (κ1) is 10.1. The monoisotopic (exact) mass is 205 g/mol. The predicted molar refractivity (Wildman–Crippen MR) is 57.0 cm³/mol. The molecule has 1 aliphatic heterocycles. The quantitative estimate of drug-likeness (QED) is 0.723. The van der Waals surface area contributed by atoms with Gasteiger partial charge in [0.25, 0.3) is 0 Å². The van der Waals surface area contributed by atoms with Crippen molar-refractivity contribution in [2.45, 2.75) is 25.9 Å². The number of likely N-dealkylation sites (tertiary alicyclic amines) is 1. The summed E-state index contributed by atoms with van der Waals surface area (Å²) in [6.07, 6.45) is 2.70. The number of aromatic nitrogens is 1. The molecule has 80 valence electrons. The second kappa shape index (κ2) is 3.98. The summed E-state index contributed by atoms with van der Waals surface area (Å²) in [7, 11) is 0. The van der Waals surface area contributed by atoms with E-state index in [0.717, 1.165) is 12.1 Å². The second-order valence-electron chi connectivity index (χ2n) is 3.79. The molecule has 0 spiro atoms. The maximum absolute atomic E-state index is 11.3. The fourth-order valence-corrected chi connectivity index (χ4v) is 1.79. The molecule has 4 nitrogen and oxygen atoms in total. The van der Waals surface area contributed by atoms with Crippen LogP contribution in [0, 0.1) is 0 Å². The number of nitrogens with zero attached hydrogens (tertiary/aromatic N) is 2. The largest absolute Gasteiger partial charge is 0.333 e. The van der Waals surface area contributed by atoms with Crippen LogP contribution in [-0.4, -0.2) is 28.4 Å². The van der Waals surface area contributed by atoms with Crippen LogP contribution in [-0.2, 0) is 17.8 Å². The predicted octanol–water partition coefficient (Wildman–Crippen LogP) is 0.314. The Hall–Kier alpha value is -1.42. The number of β-lactam (4-membered cyclic amide) rings is 1. The average Bonchev–Trinajstić information content (AvgIpc) is 2.29. The molecule has 1 unspecified atom stereocenters. The minimum atomic E-state index is -0.293. The van der Waals surface area contributed by atoms with Crippen molar-refractivity contribution in [3.63, 3.8) is 0 Å². The Balaban J connectivity index is 2.08. The summed E-state index contributed by atoms with van der Waals surface area (Å²) in [6.45, 7) is 3.33. The molecule has 2 N–H and O–H groups in total. The molecule has 1 amide bonds. The van der Waals surface area contributed by atoms with Crippen LogP contribution in [0.5, 0.6) is 0 Å². The van der Waals surface area contributed by atoms with Gasteiger partial charge in [-0.1, -0.05) is 13.0 Å². The van der Waals surface area contributed by atoms with Crippen molar-refractivity contribution in [3.8, 4) is 0 Å². The fourth-order valence-electron chi connectivity index (χ4n) is 1.79. The Kier molecular flexibility index (Phi) is 2.68. The highest BCUT2D eigenvalue weighted by atomic mass is 16.2. The summed E-state index contributed by atoms with van der Waals surface area (Å²) in [6, 6.07) is 3.68. The summed E-state index contributed by atoms with van der Waals surface area (Å²) < 4.78 is 0. The van der Waals surface area contributed by atoms with E-state index < -0.39 is 0 Å². The molecular formula is C11H15N3O. The average molecular weight is 205 g/mol. The van der Waals surface area contributed by atoms with Gasteiger partial charge >= 0.3 is 0 Å². The number of hydrogen-bond donors (Lipinski definition) is 1. The van der Waals surface area contributed by atoms with Gasteiger partial charge in [0, 0.05) is 12.7 Å². The van der Waals surface area contributed by atoms with Crippen molar-refractivity contribution in [3.05, 3.63) is 29.6 Å². The van der Waals surface area contributed by atoms with Crippen LogP contribution in [0.4, 0.5) is 0 Å². The Morgan fingerprint density at radius 3 is 3.07 bits per heavy atom. The van der Waals surface area contributed by atoms with Crippen molar-refractivity contribution in [2.24, 2.45) is 5.73 Å². The molecule has 1 aliphatic rings. The van der Waals surface area contributed by atoms with Gasteiger partial charge in [-0.05, 0) is 18.1 Å². The third-order valence-electron chi connectivity index (χ3n) is 2.75. The molecule has 1 aromatic heterocycles. The Morgan fingerprint density at radius 2 is 2.47 bits per heavy atom. The molecule has 1 atom stereocenters. The number of pyridine rings is 1. The van der Waals surface area contributed by atoms with Gasteiger partial charge in [-0.3, -0.25) is 9.78 Å². The minimum Gasteiger partial charge on any atom is -0.333 e. The van der Waals surface area contributed by atoms with E-state index in [0.29, 0.717) is 13.1 Å². The van der Waals surface area contributed by atoms with Crippen molar-refractivity contribution >= 4 is 5.91 Å². The van der Waals surface area contributed by atoms with Crippen LogP contribution in [0.3, 0.4) is 0 Å². The first-order valence-corrected chi connectivity index (χ1v) is 5.19. The molecule has 2 rings (SSSR count). The van der Waals surface area contributed by atoms with Crippen LogP contribution in [0.25, 0.3) is 0 Å². The number of nitrogens with two attached hydrogens (primary N) is 1. The second-order valence-corrected chi connectivity index (χ2v) is 3.79. The highest BCUT2D eigenvalue weighted by Crippen LogP contribution is 2.15. The third kappa shape index (κ3) is 1.85. The lowest BCUT2D eigenvalue weighted by Gasteiger charge is -2.36. The Bertz CT molecular complexity index is 378. The third-order valence-corrected chi connectivity index (χ3v) is 2.75. The van der Waals surface area contributed by atoms with Crippen molar-refractivity contribution in [1.82, 2.24) is 9.88 Å². The fraction of sp³-hybridized carbons (Fsp3) is 0.455. The van der Waals surface area contributed by atoms with Gasteiger partial charge in [-0.2, -0.15) is 0 Å². The van der Waals surface area contributed by atoms with Gasteiger partial charge in [0.05, 0.1) is 12.2 Å². The highest BCUT2D eigenvalue weighted by Gasteiger charge is 2.33. The van der Waals surface area contributed by atoms with E-state index in [2.05, 4.69) is 11.9 Å². The van der Waals surface area contributed by atoms with E-state index >= 15 is 0 Å². The summed E-state index contributed by atoms with van der Waals surface area (Å²) in [5.41, 5.74) is 7.71. The maximum Gasteiger partial charge on any atom is 0.241 e. The molecule has 0 radical (unpaired) electrons. The maximum atomic E-state index is 11.3. The van der Waals surface area contributed by atoms with E-state index in [1.165, 1.54) is 5.56 Å². The lowest BCUT2D eigenvalue weighted by molar-refractivity contribution is -0.143. The van der Waals surface area contributed by atoms with Crippen molar-refractivity contribution in [1.29, 1.82) is 0 Å². The molecule has 0 aliphatic carbocycles. The Labute approximate surface area is 89.1 Å². The van der Waals surface area contributed by atoms with E-state index in [1.54, 1.807) is 11.1 Å². The van der Waals surface area contributed by atoms with Crippen LogP contribution in [0.15, 0.2) is 18.3 Å². The van der Waals surface area contributed by atoms with Gasteiger partial charge in [0.2, 0.25) is 5.91 Å². The molecule has 1 fully saturated rings. The lowest BCUT2D eigenvalue weighted by Crippen LogP contribution is -2.60. The number of aryl methyl sites for hydroxylation is 1. The van der Waals surface area contributed by atoms with E-state index in [9.17, 15) is 4.79 Å². The zero-order chi connectivity index (χ0) is 10.8. The SMILES string of the molecule is CCc1cccnc1CN1CC(N)C1=O. The topological polar surface area (TPSA) is 59.2 Å². The number of carbonyl (C=O) groups is 1. The molecule has 1 aromatic rings. The normalized spacial score (nSPS) is 20.3. The first-order valence-electron chi connectivity index (χ1n) is 5.19. The van der Waals surface area contributed by atoms with E-state index in [-0.39, 0.29) is 11.9 Å². The zero-order valence-electron chi connectivity index (χ0n) is 8.81. The van der Waals surface area contributed by atoms with Crippen molar-refractivity contribution < 1.29 is 4.79 Å². The number of amides is 1. The van der Waals surface area contributed by atoms with Gasteiger partial charge in [0.1, 0.15) is 6.04 Å². The number of hydrogen-bond acceptors (Lipinski definition) is 3. The van der Waals surface area contributed by atoms with Crippen LogP contribution >= 0.6 is 0 Å². The summed E-state index contributed by atoms with van der Waals surface area (Å²) in [5.74, 6) is 0.0303. The first-order chi connectivity index (χ1) is 7.22. The van der Waals surface area contributed by atoms with Gasteiger partial charge in [-0.15, -0.1) is 0 Å².